The SMILES string of the molecule is CC1=Cc2c(-c3cc4ccccc4c4ccccc34)c(C)c(C)c(C)c2[CH]1[Zr+2]1([CH]2C(C)=Cc3c(-c4cc5ccccc5c5ccccc45)c(C)c(C)c(C)c32)[CH2][CH2]1.[Cl-].[Cl-]. The van der Waals surface area contributed by atoms with Crippen LogP contribution in [0.4, 0.5) is 0 Å². The molecule has 0 nitrogen and oxygen atoms in total. The summed E-state index contributed by atoms with van der Waals surface area (Å²) >= 11 is -3.00. The van der Waals surface area contributed by atoms with Gasteiger partial charge in [-0.15, -0.1) is 0 Å². The summed E-state index contributed by atoms with van der Waals surface area (Å²) in [5.74, 6) is 0. The molecule has 0 saturated carbocycles. The predicted octanol–water partition coefficient (Wildman–Crippen LogP) is 10.1. The maximum Gasteiger partial charge on any atom is -1.00 e. The van der Waals surface area contributed by atoms with Crippen molar-refractivity contribution in [1.82, 2.24) is 0 Å². The number of rotatable bonds is 4. The van der Waals surface area contributed by atoms with Gasteiger partial charge in [-0.05, 0) is 0 Å². The molecule has 1 heterocycles. The van der Waals surface area contributed by atoms with Crippen molar-refractivity contribution in [1.29, 1.82) is 0 Å². The Hall–Kier alpha value is -4.26. The maximum absolute atomic E-state index is 3.00. The van der Waals surface area contributed by atoms with Gasteiger partial charge in [-0.1, -0.05) is 0 Å². The van der Waals surface area contributed by atoms with Gasteiger partial charge in [-0.25, -0.2) is 0 Å². The van der Waals surface area contributed by atoms with Crippen LogP contribution in [0.5, 0.6) is 0 Å². The predicted molar refractivity (Wildman–Crippen MR) is 245 cm³/mol. The molecule has 292 valence electrons. The summed E-state index contributed by atoms with van der Waals surface area (Å²) in [4.78, 5) is 0. The summed E-state index contributed by atoms with van der Waals surface area (Å²) in [6.45, 7) is 19.5. The average molecular weight is 885 g/mol. The number of benzene rings is 8. The molecule has 1 saturated heterocycles. The smallest absolute Gasteiger partial charge is 1.00 e. The van der Waals surface area contributed by atoms with Gasteiger partial charge in [0.15, 0.2) is 0 Å². The van der Waals surface area contributed by atoms with E-state index in [-0.39, 0.29) is 24.8 Å². The maximum atomic E-state index is 2.66. The molecule has 0 radical (unpaired) electrons. The van der Waals surface area contributed by atoms with Crippen molar-refractivity contribution >= 4 is 55.2 Å². The van der Waals surface area contributed by atoms with Crippen molar-refractivity contribution in [3.63, 3.8) is 0 Å². The first kappa shape index (κ1) is 40.2. The molecule has 59 heavy (non-hydrogen) atoms. The summed E-state index contributed by atoms with van der Waals surface area (Å²) in [7, 11) is 0. The van der Waals surface area contributed by atoms with Crippen LogP contribution < -0.4 is 24.8 Å². The van der Waals surface area contributed by atoms with Gasteiger partial charge >= 0.3 is 345 Å². The molecule has 1 aliphatic heterocycles. The van der Waals surface area contributed by atoms with E-state index in [9.17, 15) is 0 Å². The van der Waals surface area contributed by atoms with Gasteiger partial charge in [-0.3, -0.25) is 0 Å². The van der Waals surface area contributed by atoms with Crippen molar-refractivity contribution in [2.45, 2.75) is 70.9 Å². The van der Waals surface area contributed by atoms with Crippen molar-refractivity contribution in [2.75, 3.05) is 0 Å². The molecule has 2 aliphatic carbocycles. The van der Waals surface area contributed by atoms with Gasteiger partial charge in [0, 0.05) is 0 Å². The van der Waals surface area contributed by atoms with E-state index in [2.05, 4.69) is 177 Å². The molecule has 2 atom stereocenters. The Kier molecular flexibility index (Phi) is 9.83. The summed E-state index contributed by atoms with van der Waals surface area (Å²) < 4.78 is 4.09. The van der Waals surface area contributed by atoms with Gasteiger partial charge in [0.2, 0.25) is 0 Å². The van der Waals surface area contributed by atoms with E-state index >= 15 is 0 Å². The second-order valence-electron chi connectivity index (χ2n) is 17.9. The number of fused-ring (bicyclic) bond motifs is 8. The molecule has 11 rings (SSSR count). The van der Waals surface area contributed by atoms with Crippen molar-refractivity contribution < 1.29 is 45.1 Å². The van der Waals surface area contributed by atoms with Gasteiger partial charge < -0.3 is 24.8 Å². The zero-order valence-electron chi connectivity index (χ0n) is 35.4. The van der Waals surface area contributed by atoms with Crippen molar-refractivity contribution in [3.8, 4) is 22.3 Å². The van der Waals surface area contributed by atoms with E-state index < -0.39 is 20.3 Å². The molecule has 1 fully saturated rings. The Labute approximate surface area is 366 Å². The van der Waals surface area contributed by atoms with Gasteiger partial charge in [-0.2, -0.15) is 0 Å². The topological polar surface area (TPSA) is 0 Å². The summed E-state index contributed by atoms with van der Waals surface area (Å²) in [5.41, 5.74) is 24.3. The summed E-state index contributed by atoms with van der Waals surface area (Å²) in [6, 6.07) is 41.1. The molecule has 0 aromatic heterocycles. The Balaban J connectivity index is 0.00000224. The third kappa shape index (κ3) is 5.57. The van der Waals surface area contributed by atoms with Crippen LogP contribution in [0.1, 0.15) is 76.7 Å². The van der Waals surface area contributed by atoms with Crippen LogP contribution in [0.15, 0.2) is 120 Å². The molecule has 0 amide bonds. The fourth-order valence-corrected chi connectivity index (χ4v) is 30.2. The van der Waals surface area contributed by atoms with Crippen LogP contribution in [0.25, 0.3) is 77.5 Å². The van der Waals surface area contributed by atoms with Crippen LogP contribution >= 0.6 is 0 Å². The third-order valence-corrected chi connectivity index (χ3v) is 28.6. The molecule has 0 spiro atoms. The van der Waals surface area contributed by atoms with E-state index in [0.29, 0.717) is 7.25 Å². The van der Waals surface area contributed by atoms with E-state index in [1.165, 1.54) is 118 Å². The van der Waals surface area contributed by atoms with Crippen LogP contribution in [0.2, 0.25) is 8.26 Å². The monoisotopic (exact) mass is 882 g/mol. The van der Waals surface area contributed by atoms with E-state index in [4.69, 9.17) is 0 Å². The second kappa shape index (κ2) is 14.4. The molecular weight excluding hydrogens is 835 g/mol. The van der Waals surface area contributed by atoms with E-state index in [1.54, 1.807) is 22.3 Å². The first-order valence-electron chi connectivity index (χ1n) is 21.1. The molecule has 0 bridgehead atoms. The number of halogens is 2. The van der Waals surface area contributed by atoms with Gasteiger partial charge in [0.05, 0.1) is 0 Å². The third-order valence-electron chi connectivity index (χ3n) is 15.2. The fourth-order valence-electron chi connectivity index (χ4n) is 12.1. The number of hydrogen-bond acceptors (Lipinski definition) is 0. The van der Waals surface area contributed by atoms with E-state index in [1.807, 2.05) is 0 Å². The molecular formula is C56H50Cl2Zr. The summed E-state index contributed by atoms with van der Waals surface area (Å²) in [6.07, 6.45) is 5.31. The standard InChI is InChI=1S/2C27H23.C2H4.2ClH.Zr/c2*1-16-13-24-18(3)17(2)19(4)27(25(24)14-16)26-15-20-9-5-6-10-21(20)22-11-7-8-12-23(22)26;1-2;;;/h2*5-15H,1-4H3;1-2H2;2*1H;/q;;;;;+2/p-2. The fraction of sp³-hybridized carbons (Fsp3) is 0.214. The zero-order chi connectivity index (χ0) is 39.1. The minimum Gasteiger partial charge on any atom is -1.00 e. The molecule has 2 unspecified atom stereocenters. The molecule has 8 aromatic rings. The molecule has 3 heteroatoms. The minimum absolute atomic E-state index is 0. The average Bonchev–Trinajstić information content (AvgIpc) is 3.82. The van der Waals surface area contributed by atoms with Crippen molar-refractivity contribution in [2.24, 2.45) is 0 Å². The van der Waals surface area contributed by atoms with Crippen LogP contribution in [0.3, 0.4) is 0 Å². The molecule has 8 aromatic carbocycles. The number of allylic oxidation sites excluding steroid dienone is 2. The van der Waals surface area contributed by atoms with Crippen LogP contribution in [-0.4, -0.2) is 0 Å². The van der Waals surface area contributed by atoms with Crippen LogP contribution in [0, 0.1) is 41.5 Å². The van der Waals surface area contributed by atoms with Gasteiger partial charge in [0.25, 0.3) is 0 Å². The van der Waals surface area contributed by atoms with Crippen molar-refractivity contribution in [3.05, 3.63) is 176 Å². The quantitative estimate of drug-likeness (QED) is 0.155. The Morgan fingerprint density at radius 1 is 0.390 bits per heavy atom. The summed E-state index contributed by atoms with van der Waals surface area (Å²) in [5, 5.41) is 10.8. The normalized spacial score (nSPS) is 16.9. The van der Waals surface area contributed by atoms with Gasteiger partial charge in [0.1, 0.15) is 0 Å². The number of hydrogen-bond donors (Lipinski definition) is 0. The largest absolute Gasteiger partial charge is 1.00 e. The first-order valence-corrected chi connectivity index (χ1v) is 27.4. The second-order valence-corrected chi connectivity index (χ2v) is 29.3. The van der Waals surface area contributed by atoms with E-state index in [0.717, 1.165) is 0 Å². The first-order chi connectivity index (χ1) is 27.6. The Bertz CT molecular complexity index is 2970. The molecule has 0 N–H and O–H groups in total. The minimum atomic E-state index is -3.00. The Morgan fingerprint density at radius 2 is 0.729 bits per heavy atom. The zero-order valence-corrected chi connectivity index (χ0v) is 39.3. The molecule has 3 aliphatic rings. The van der Waals surface area contributed by atoms with Crippen LogP contribution in [-0.2, 0) is 20.3 Å². The Morgan fingerprint density at radius 3 is 1.10 bits per heavy atom.